The summed E-state index contributed by atoms with van der Waals surface area (Å²) in [4.78, 5) is 12.7. The van der Waals surface area contributed by atoms with Crippen LogP contribution in [0.15, 0.2) is 48.6 Å². The van der Waals surface area contributed by atoms with Gasteiger partial charge >= 0.3 is 5.97 Å². The second-order valence-corrected chi connectivity index (χ2v) is 7.43. The highest BCUT2D eigenvalue weighted by Crippen LogP contribution is 2.39. The lowest BCUT2D eigenvalue weighted by Crippen LogP contribution is -2.40. The van der Waals surface area contributed by atoms with Gasteiger partial charge in [0.2, 0.25) is 0 Å². The molecule has 0 saturated carbocycles. The third kappa shape index (κ3) is 3.69. The topological polar surface area (TPSA) is 26.3 Å². The zero-order valence-corrected chi connectivity index (χ0v) is 13.7. The number of benzene rings is 1. The molecule has 1 aliphatic carbocycles. The molecule has 1 aromatic rings. The Hall–Kier alpha value is -1.25. The van der Waals surface area contributed by atoms with E-state index in [2.05, 4.69) is 6.07 Å². The van der Waals surface area contributed by atoms with E-state index >= 15 is 0 Å². The maximum absolute atomic E-state index is 12.7. The number of carbonyl (C=O) groups is 1. The van der Waals surface area contributed by atoms with Gasteiger partial charge in [-0.2, -0.15) is 0 Å². The summed E-state index contributed by atoms with van der Waals surface area (Å²) in [6.45, 7) is 5.49. The number of hydrogen-bond acceptors (Lipinski definition) is 2. The van der Waals surface area contributed by atoms with E-state index < -0.39 is 15.3 Å². The van der Waals surface area contributed by atoms with Crippen molar-refractivity contribution in [3.8, 4) is 0 Å². The van der Waals surface area contributed by atoms with Crippen LogP contribution in [-0.4, -0.2) is 15.9 Å². The Labute approximate surface area is 135 Å². The van der Waals surface area contributed by atoms with Crippen molar-refractivity contribution in [3.63, 3.8) is 0 Å². The molecule has 1 aliphatic rings. The van der Waals surface area contributed by atoms with Crippen LogP contribution in [-0.2, 0) is 14.9 Å². The van der Waals surface area contributed by atoms with Gasteiger partial charge < -0.3 is 4.74 Å². The summed E-state index contributed by atoms with van der Waals surface area (Å²) in [5.41, 5.74) is -0.950. The van der Waals surface area contributed by atoms with Gasteiger partial charge in [0, 0.05) is 0 Å². The Kier molecular flexibility index (Phi) is 4.23. The number of ether oxygens (including phenoxy) is 1. The van der Waals surface area contributed by atoms with Crippen molar-refractivity contribution in [1.82, 2.24) is 0 Å². The molecule has 111 valence electrons. The van der Waals surface area contributed by atoms with Gasteiger partial charge in [-0.1, -0.05) is 59.6 Å². The molecule has 0 heterocycles. The van der Waals surface area contributed by atoms with Gasteiger partial charge in [0.05, 0.1) is 0 Å². The van der Waals surface area contributed by atoms with Crippen molar-refractivity contribution in [1.29, 1.82) is 0 Å². The van der Waals surface area contributed by atoms with E-state index in [9.17, 15) is 4.79 Å². The molecule has 4 heteroatoms. The maximum atomic E-state index is 12.7. The molecule has 0 aliphatic heterocycles. The molecule has 0 unspecified atom stereocenters. The smallest absolute Gasteiger partial charge is 0.324 e. The molecule has 1 aromatic carbocycles. The second kappa shape index (κ2) is 5.51. The van der Waals surface area contributed by atoms with Crippen LogP contribution < -0.4 is 0 Å². The minimum atomic E-state index is -1.11. The first kappa shape index (κ1) is 16.1. The average Bonchev–Trinajstić information content (AvgIpc) is 2.38. The van der Waals surface area contributed by atoms with Gasteiger partial charge in [-0.25, -0.2) is 0 Å². The molecule has 0 amide bonds. The lowest BCUT2D eigenvalue weighted by atomic mass is 9.77. The fraction of sp³-hybridized carbons (Fsp3) is 0.353. The monoisotopic (exact) mass is 323 g/mol. The highest BCUT2D eigenvalue weighted by Gasteiger charge is 2.42. The quantitative estimate of drug-likeness (QED) is 0.459. The third-order valence-electron chi connectivity index (χ3n) is 3.03. The molecule has 0 aromatic heterocycles. The standard InChI is InChI=1S/C17H17Cl2O2/c1-15(2,3)21-14(20)16(13-7-5-4-6-8-13)9-11-17(18,19)12-10-16/h4-7,9-12H,1-3H3. The first-order valence-electron chi connectivity index (χ1n) is 6.64. The molecular weight excluding hydrogens is 307 g/mol. The SMILES string of the molecule is CC(C)(C)OC(=O)C1(c2[c]cccc2)C=CC(Cl)(Cl)C=C1. The fourth-order valence-corrected chi connectivity index (χ4v) is 2.29. The third-order valence-corrected chi connectivity index (χ3v) is 3.53. The van der Waals surface area contributed by atoms with Crippen LogP contribution in [0.4, 0.5) is 0 Å². The van der Waals surface area contributed by atoms with E-state index in [1.807, 2.05) is 39.0 Å². The maximum Gasteiger partial charge on any atom is 0.324 e. The Morgan fingerprint density at radius 1 is 1.14 bits per heavy atom. The summed E-state index contributed by atoms with van der Waals surface area (Å²) < 4.78 is 4.44. The van der Waals surface area contributed by atoms with E-state index in [1.165, 1.54) is 0 Å². The summed E-state index contributed by atoms with van der Waals surface area (Å²) >= 11 is 12.1. The second-order valence-electron chi connectivity index (χ2n) is 5.99. The van der Waals surface area contributed by atoms with E-state index in [-0.39, 0.29) is 5.97 Å². The van der Waals surface area contributed by atoms with Crippen molar-refractivity contribution in [2.75, 3.05) is 0 Å². The van der Waals surface area contributed by atoms with Gasteiger partial charge in [0.25, 0.3) is 0 Å². The van der Waals surface area contributed by atoms with Crippen LogP contribution in [0, 0.1) is 6.07 Å². The predicted octanol–water partition coefficient (Wildman–Crippen LogP) is 4.37. The molecule has 0 bridgehead atoms. The molecule has 2 nitrogen and oxygen atoms in total. The lowest BCUT2D eigenvalue weighted by Gasteiger charge is -2.33. The van der Waals surface area contributed by atoms with Gasteiger partial charge in [0.1, 0.15) is 11.0 Å². The fourth-order valence-electron chi connectivity index (χ4n) is 2.03. The van der Waals surface area contributed by atoms with Crippen molar-refractivity contribution in [2.24, 2.45) is 0 Å². The zero-order chi connectivity index (χ0) is 15.7. The molecule has 2 rings (SSSR count). The number of alkyl halides is 2. The molecule has 0 saturated heterocycles. The Bertz CT molecular complexity index is 565. The van der Waals surface area contributed by atoms with Gasteiger partial charge in [-0.3, -0.25) is 4.79 Å². The lowest BCUT2D eigenvalue weighted by molar-refractivity contribution is -0.158. The number of esters is 1. The molecule has 0 atom stereocenters. The number of carbonyl (C=O) groups excluding carboxylic acids is 1. The summed E-state index contributed by atoms with van der Waals surface area (Å²) in [5, 5.41) is 0. The van der Waals surface area contributed by atoms with Crippen molar-refractivity contribution >= 4 is 29.2 Å². The summed E-state index contributed by atoms with van der Waals surface area (Å²) in [5.74, 6) is -0.381. The number of allylic oxidation sites excluding steroid dienone is 2. The minimum Gasteiger partial charge on any atom is -0.459 e. The molecule has 0 fully saturated rings. The summed E-state index contributed by atoms with van der Waals surface area (Å²) in [6, 6.07) is 10.4. The highest BCUT2D eigenvalue weighted by atomic mass is 35.5. The molecule has 0 spiro atoms. The van der Waals surface area contributed by atoms with Gasteiger partial charge in [0.15, 0.2) is 4.33 Å². The van der Waals surface area contributed by atoms with Gasteiger partial charge in [-0.15, -0.1) is 0 Å². The van der Waals surface area contributed by atoms with Crippen LogP contribution >= 0.6 is 23.2 Å². The first-order valence-corrected chi connectivity index (χ1v) is 7.39. The Morgan fingerprint density at radius 3 is 2.24 bits per heavy atom. The van der Waals surface area contributed by atoms with Crippen molar-refractivity contribution in [2.45, 2.75) is 36.1 Å². The Morgan fingerprint density at radius 2 is 1.76 bits per heavy atom. The van der Waals surface area contributed by atoms with Crippen LogP contribution in [0.5, 0.6) is 0 Å². The Balaban J connectivity index is 2.47. The number of hydrogen-bond donors (Lipinski definition) is 0. The first-order chi connectivity index (χ1) is 9.65. The van der Waals surface area contributed by atoms with Crippen LogP contribution in [0.1, 0.15) is 26.3 Å². The van der Waals surface area contributed by atoms with Crippen LogP contribution in [0.2, 0.25) is 0 Å². The normalized spacial score (nSPS) is 19.3. The molecule has 21 heavy (non-hydrogen) atoms. The number of rotatable bonds is 2. The van der Waals surface area contributed by atoms with Crippen LogP contribution in [0.3, 0.4) is 0 Å². The van der Waals surface area contributed by atoms with Crippen molar-refractivity contribution < 1.29 is 9.53 Å². The summed E-state index contributed by atoms with van der Waals surface area (Å²) in [7, 11) is 0. The minimum absolute atomic E-state index is 0.381. The largest absolute Gasteiger partial charge is 0.459 e. The molecule has 0 N–H and O–H groups in total. The summed E-state index contributed by atoms with van der Waals surface area (Å²) in [6.07, 6.45) is 6.52. The van der Waals surface area contributed by atoms with E-state index in [1.54, 1.807) is 30.4 Å². The molecule has 1 radical (unpaired) electrons. The van der Waals surface area contributed by atoms with Crippen LogP contribution in [0.25, 0.3) is 0 Å². The van der Waals surface area contributed by atoms with Crippen molar-refractivity contribution in [3.05, 3.63) is 60.2 Å². The van der Waals surface area contributed by atoms with E-state index in [0.29, 0.717) is 5.56 Å². The average molecular weight is 324 g/mol. The number of halogens is 2. The zero-order valence-electron chi connectivity index (χ0n) is 12.2. The van der Waals surface area contributed by atoms with Gasteiger partial charge in [-0.05, 0) is 44.6 Å². The predicted molar refractivity (Wildman–Crippen MR) is 85.5 cm³/mol. The van der Waals surface area contributed by atoms with E-state index in [4.69, 9.17) is 27.9 Å². The van der Waals surface area contributed by atoms with E-state index in [0.717, 1.165) is 0 Å². The molecular formula is C17H17Cl2O2. The highest BCUT2D eigenvalue weighted by molar-refractivity contribution is 6.51.